The van der Waals surface area contributed by atoms with Gasteiger partial charge in [0.15, 0.2) is 6.17 Å². The lowest BCUT2D eigenvalue weighted by Gasteiger charge is -2.15. The van der Waals surface area contributed by atoms with E-state index in [1.54, 1.807) is 12.4 Å². The fraction of sp³-hybridized carbons (Fsp3) is 0.556. The van der Waals surface area contributed by atoms with Crippen molar-refractivity contribution in [1.82, 2.24) is 9.97 Å². The minimum atomic E-state index is 0. The molecule has 2 atom stereocenters. The van der Waals surface area contributed by atoms with Gasteiger partial charge in [-0.25, -0.2) is 4.98 Å². The van der Waals surface area contributed by atoms with Gasteiger partial charge in [0.05, 0.1) is 12.7 Å². The van der Waals surface area contributed by atoms with E-state index >= 15 is 0 Å². The van der Waals surface area contributed by atoms with Crippen molar-refractivity contribution in [3.05, 3.63) is 12.4 Å². The fourth-order valence-electron chi connectivity index (χ4n) is 1.78. The van der Waals surface area contributed by atoms with Crippen LogP contribution in [0.3, 0.4) is 0 Å². The zero-order chi connectivity index (χ0) is 9.26. The maximum atomic E-state index is 4.35. The van der Waals surface area contributed by atoms with Crippen molar-refractivity contribution in [3.63, 3.8) is 0 Å². The van der Waals surface area contributed by atoms with Crippen molar-refractivity contribution < 1.29 is 28.9 Å². The molecule has 2 N–H and O–H groups in total. The van der Waals surface area contributed by atoms with E-state index in [2.05, 4.69) is 29.1 Å². The quantitative estimate of drug-likeness (QED) is 0.579. The van der Waals surface area contributed by atoms with Crippen LogP contribution in [0.5, 0.6) is 0 Å². The third-order valence-electron chi connectivity index (χ3n) is 2.40. The standard InChI is InChI=1S/C9H14N4.HI/c1-3-6-13-7(2)12-8-9(13)11-5-4-10-8;/h4-5,7H,3,6H2,1-2H3,(H,10,12);1H. The lowest BCUT2D eigenvalue weighted by Crippen LogP contribution is -3.10. The van der Waals surface area contributed by atoms with Gasteiger partial charge in [0.25, 0.3) is 5.82 Å². The van der Waals surface area contributed by atoms with E-state index in [-0.39, 0.29) is 24.0 Å². The van der Waals surface area contributed by atoms with Gasteiger partial charge in [0.1, 0.15) is 0 Å². The smallest absolute Gasteiger partial charge is 0.271 e. The second-order valence-corrected chi connectivity index (χ2v) is 3.39. The zero-order valence-electron chi connectivity index (χ0n) is 8.42. The Morgan fingerprint density at radius 2 is 2.14 bits per heavy atom. The SMILES string of the molecule is CCC[NH+]1c2nccnc2NC1C.[I-]. The highest BCUT2D eigenvalue weighted by molar-refractivity contribution is 5.52. The zero-order valence-corrected chi connectivity index (χ0v) is 10.6. The Hall–Kier alpha value is -0.430. The van der Waals surface area contributed by atoms with E-state index in [0.717, 1.165) is 24.6 Å². The molecule has 4 nitrogen and oxygen atoms in total. The summed E-state index contributed by atoms with van der Waals surface area (Å²) in [6.07, 6.45) is 5.05. The summed E-state index contributed by atoms with van der Waals surface area (Å²) in [4.78, 5) is 9.99. The number of hydrogen-bond donors (Lipinski definition) is 2. The molecule has 1 aliphatic rings. The van der Waals surface area contributed by atoms with Crippen LogP contribution in [0, 0.1) is 0 Å². The van der Waals surface area contributed by atoms with Crippen LogP contribution >= 0.6 is 0 Å². The summed E-state index contributed by atoms with van der Waals surface area (Å²) in [6, 6.07) is 0. The maximum Gasteiger partial charge on any atom is 0.271 e. The predicted molar refractivity (Wildman–Crippen MR) is 50.9 cm³/mol. The van der Waals surface area contributed by atoms with Crippen LogP contribution < -0.4 is 34.2 Å². The van der Waals surface area contributed by atoms with Crippen molar-refractivity contribution >= 4 is 11.6 Å². The minimum Gasteiger partial charge on any atom is -1.00 e. The molecule has 0 bridgehead atoms. The lowest BCUT2D eigenvalue weighted by atomic mass is 10.4. The summed E-state index contributed by atoms with van der Waals surface area (Å²) < 4.78 is 0. The number of nitrogens with zero attached hydrogens (tertiary/aromatic N) is 2. The third kappa shape index (κ3) is 1.98. The van der Waals surface area contributed by atoms with Gasteiger partial charge in [-0.05, 0) is 6.42 Å². The molecule has 14 heavy (non-hydrogen) atoms. The number of rotatable bonds is 2. The minimum absolute atomic E-state index is 0. The van der Waals surface area contributed by atoms with Gasteiger partial charge < -0.3 is 29.3 Å². The molecule has 0 aliphatic carbocycles. The first-order valence-electron chi connectivity index (χ1n) is 4.76. The molecule has 0 spiro atoms. The van der Waals surface area contributed by atoms with Crippen LogP contribution in [0.2, 0.25) is 0 Å². The van der Waals surface area contributed by atoms with Crippen molar-refractivity contribution in [1.29, 1.82) is 0 Å². The highest BCUT2D eigenvalue weighted by atomic mass is 127. The molecule has 5 heteroatoms. The first-order chi connectivity index (χ1) is 6.33. The number of anilines is 1. The van der Waals surface area contributed by atoms with E-state index in [4.69, 9.17) is 0 Å². The topological polar surface area (TPSA) is 42.2 Å². The van der Waals surface area contributed by atoms with Crippen molar-refractivity contribution in [2.45, 2.75) is 26.4 Å². The van der Waals surface area contributed by atoms with Gasteiger partial charge in [-0.3, -0.25) is 4.90 Å². The third-order valence-corrected chi connectivity index (χ3v) is 2.40. The van der Waals surface area contributed by atoms with Crippen LogP contribution in [0.25, 0.3) is 0 Å². The van der Waals surface area contributed by atoms with Crippen LogP contribution in [0.4, 0.5) is 11.6 Å². The van der Waals surface area contributed by atoms with Gasteiger partial charge in [0, 0.05) is 13.1 Å². The van der Waals surface area contributed by atoms with E-state index in [1.165, 1.54) is 4.90 Å². The first-order valence-corrected chi connectivity index (χ1v) is 4.76. The van der Waals surface area contributed by atoms with E-state index < -0.39 is 0 Å². The second kappa shape index (κ2) is 4.88. The molecule has 0 amide bonds. The molecule has 0 saturated heterocycles. The molecule has 78 valence electrons. The van der Waals surface area contributed by atoms with Crippen LogP contribution in [-0.2, 0) is 0 Å². The van der Waals surface area contributed by atoms with E-state index in [0.29, 0.717) is 6.17 Å². The molecule has 0 aromatic carbocycles. The Balaban J connectivity index is 0.000000980. The molecule has 0 saturated carbocycles. The molecule has 2 rings (SSSR count). The Morgan fingerprint density at radius 1 is 1.43 bits per heavy atom. The molecule has 1 aromatic heterocycles. The summed E-state index contributed by atoms with van der Waals surface area (Å²) in [5.74, 6) is 2.01. The maximum absolute atomic E-state index is 4.35. The van der Waals surface area contributed by atoms with Crippen molar-refractivity contribution in [2.24, 2.45) is 0 Å². The Labute approximate surface area is 101 Å². The average Bonchev–Trinajstić information content (AvgIpc) is 2.44. The molecule has 1 aromatic rings. The number of hydrogen-bond acceptors (Lipinski definition) is 3. The lowest BCUT2D eigenvalue weighted by molar-refractivity contribution is -0.850. The van der Waals surface area contributed by atoms with Crippen molar-refractivity contribution in [2.75, 3.05) is 11.9 Å². The molecule has 0 fully saturated rings. The normalized spacial score (nSPS) is 23.6. The summed E-state index contributed by atoms with van der Waals surface area (Å²) >= 11 is 0. The molecule has 2 heterocycles. The summed E-state index contributed by atoms with van der Waals surface area (Å²) in [5.41, 5.74) is 0. The van der Waals surface area contributed by atoms with Gasteiger partial charge in [-0.1, -0.05) is 6.92 Å². The van der Waals surface area contributed by atoms with Gasteiger partial charge in [-0.2, -0.15) is 4.98 Å². The van der Waals surface area contributed by atoms with E-state index in [1.807, 2.05) is 0 Å². The van der Waals surface area contributed by atoms with Crippen LogP contribution in [-0.4, -0.2) is 22.7 Å². The Morgan fingerprint density at radius 3 is 2.86 bits per heavy atom. The number of halogens is 1. The summed E-state index contributed by atoms with van der Waals surface area (Å²) in [7, 11) is 0. The van der Waals surface area contributed by atoms with Crippen molar-refractivity contribution in [3.8, 4) is 0 Å². The van der Waals surface area contributed by atoms with E-state index in [9.17, 15) is 0 Å². The molecule has 0 radical (unpaired) electrons. The molecule has 1 aliphatic heterocycles. The Bertz CT molecular complexity index is 305. The number of quaternary nitrogens is 1. The summed E-state index contributed by atoms with van der Waals surface area (Å²) in [6.45, 7) is 5.46. The first kappa shape index (κ1) is 11.6. The van der Waals surface area contributed by atoms with Crippen LogP contribution in [0.15, 0.2) is 12.4 Å². The molecular formula is C9H15IN4. The number of aromatic nitrogens is 2. The number of fused-ring (bicyclic) bond motifs is 1. The summed E-state index contributed by atoms with van der Waals surface area (Å²) in [5, 5.41) is 3.32. The molecule has 2 unspecified atom stereocenters. The van der Waals surface area contributed by atoms with Gasteiger partial charge in [-0.15, -0.1) is 0 Å². The van der Waals surface area contributed by atoms with Crippen LogP contribution in [0.1, 0.15) is 20.3 Å². The fourth-order valence-corrected chi connectivity index (χ4v) is 1.78. The highest BCUT2D eigenvalue weighted by Crippen LogP contribution is 2.15. The largest absolute Gasteiger partial charge is 1.00 e. The molecular weight excluding hydrogens is 291 g/mol. The van der Waals surface area contributed by atoms with Gasteiger partial charge in [0.2, 0.25) is 5.82 Å². The average molecular weight is 306 g/mol. The predicted octanol–water partition coefficient (Wildman–Crippen LogP) is -2.82. The second-order valence-electron chi connectivity index (χ2n) is 3.39. The monoisotopic (exact) mass is 306 g/mol. The highest BCUT2D eigenvalue weighted by Gasteiger charge is 2.32. The van der Waals surface area contributed by atoms with Gasteiger partial charge >= 0.3 is 0 Å². The Kier molecular flexibility index (Phi) is 4.06. The number of nitrogens with one attached hydrogen (secondary N) is 2.